The molecule has 1 aromatic heterocycles. The minimum absolute atomic E-state index is 0. The zero-order valence-corrected chi connectivity index (χ0v) is 13.2. The van der Waals surface area contributed by atoms with E-state index in [0.717, 1.165) is 25.9 Å². The summed E-state index contributed by atoms with van der Waals surface area (Å²) in [4.78, 5) is 31.3. The van der Waals surface area contributed by atoms with Crippen molar-refractivity contribution < 1.29 is 14.7 Å². The lowest BCUT2D eigenvalue weighted by molar-refractivity contribution is -0.137. The largest absolute Gasteiger partial charge is 0.480 e. The normalized spacial score (nSPS) is 15.5. The van der Waals surface area contributed by atoms with Gasteiger partial charge in [-0.2, -0.15) is 0 Å². The van der Waals surface area contributed by atoms with Crippen molar-refractivity contribution >= 4 is 11.9 Å². The molecule has 0 unspecified atom stereocenters. The van der Waals surface area contributed by atoms with Crippen LogP contribution in [-0.2, 0) is 22.6 Å². The maximum Gasteiger partial charge on any atom is 0.323 e. The Labute approximate surface area is 137 Å². The molecule has 130 valence electrons. The van der Waals surface area contributed by atoms with Crippen LogP contribution in [-0.4, -0.2) is 69.6 Å². The standard InChI is InChI=1S/C15H24N4O3.CH4/c1-17(2)12-5-8-18(9-6-12)14(20)4-3-13-16-7-10-19(13)11-15(21)22;/h7,10,12H,3-6,8-9,11H2,1-2H3,(H,21,22);1H4. The number of carbonyl (C=O) groups is 2. The van der Waals surface area contributed by atoms with Crippen LogP contribution in [0.25, 0.3) is 0 Å². The number of aromatic nitrogens is 2. The molecule has 0 saturated carbocycles. The molecule has 7 nitrogen and oxygen atoms in total. The van der Waals surface area contributed by atoms with Crippen molar-refractivity contribution in [1.82, 2.24) is 19.4 Å². The van der Waals surface area contributed by atoms with Crippen molar-refractivity contribution in [3.8, 4) is 0 Å². The van der Waals surface area contributed by atoms with Crippen molar-refractivity contribution in [2.24, 2.45) is 0 Å². The van der Waals surface area contributed by atoms with E-state index in [0.29, 0.717) is 24.7 Å². The third-order valence-corrected chi connectivity index (χ3v) is 4.22. The molecule has 0 spiro atoms. The van der Waals surface area contributed by atoms with Crippen LogP contribution in [0.1, 0.15) is 32.5 Å². The number of likely N-dealkylation sites (tertiary alicyclic amines) is 1. The molecular weight excluding hydrogens is 296 g/mol. The van der Waals surface area contributed by atoms with Crippen LogP contribution >= 0.6 is 0 Å². The molecule has 0 aliphatic carbocycles. The van der Waals surface area contributed by atoms with Crippen LogP contribution in [0.5, 0.6) is 0 Å². The van der Waals surface area contributed by atoms with E-state index in [1.165, 1.54) is 0 Å². The Hall–Kier alpha value is -1.89. The number of carboxylic acid groups (broad SMARTS) is 1. The van der Waals surface area contributed by atoms with Crippen LogP contribution in [0, 0.1) is 0 Å². The number of hydrogen-bond donors (Lipinski definition) is 1. The van der Waals surface area contributed by atoms with Gasteiger partial charge >= 0.3 is 5.97 Å². The molecule has 1 N–H and O–H groups in total. The number of nitrogens with zero attached hydrogens (tertiary/aromatic N) is 4. The highest BCUT2D eigenvalue weighted by Gasteiger charge is 2.23. The summed E-state index contributed by atoms with van der Waals surface area (Å²) in [6.45, 7) is 1.48. The third-order valence-electron chi connectivity index (χ3n) is 4.22. The molecule has 2 heterocycles. The fourth-order valence-electron chi connectivity index (χ4n) is 2.87. The van der Waals surface area contributed by atoms with Crippen molar-refractivity contribution in [3.05, 3.63) is 18.2 Å². The molecule has 0 atom stereocenters. The summed E-state index contributed by atoms with van der Waals surface area (Å²) in [6, 6.07) is 0.554. The Kier molecular flexibility index (Phi) is 7.22. The average Bonchev–Trinajstić information content (AvgIpc) is 2.91. The maximum atomic E-state index is 12.3. The van der Waals surface area contributed by atoms with Crippen LogP contribution in [0.4, 0.5) is 0 Å². The first-order valence-corrected chi connectivity index (χ1v) is 7.63. The van der Waals surface area contributed by atoms with E-state index in [-0.39, 0.29) is 19.9 Å². The van der Waals surface area contributed by atoms with Gasteiger partial charge in [-0.05, 0) is 26.9 Å². The van der Waals surface area contributed by atoms with Gasteiger partial charge in [0.2, 0.25) is 5.91 Å². The highest BCUT2D eigenvalue weighted by Crippen LogP contribution is 2.15. The molecule has 1 fully saturated rings. The van der Waals surface area contributed by atoms with Gasteiger partial charge in [0.05, 0.1) is 0 Å². The van der Waals surface area contributed by atoms with Crippen molar-refractivity contribution in [2.45, 2.75) is 45.7 Å². The van der Waals surface area contributed by atoms with Gasteiger partial charge in [0.25, 0.3) is 0 Å². The molecular formula is C16H28N4O3. The molecule has 1 aliphatic rings. The smallest absolute Gasteiger partial charge is 0.323 e. The lowest BCUT2D eigenvalue weighted by Gasteiger charge is -2.35. The molecule has 7 heteroatoms. The second-order valence-corrected chi connectivity index (χ2v) is 5.94. The highest BCUT2D eigenvalue weighted by atomic mass is 16.4. The molecule has 1 aromatic rings. The second kappa shape index (κ2) is 8.67. The Morgan fingerprint density at radius 1 is 1.35 bits per heavy atom. The summed E-state index contributed by atoms with van der Waals surface area (Å²) < 4.78 is 1.58. The first-order chi connectivity index (χ1) is 10.5. The molecule has 0 radical (unpaired) electrons. The summed E-state index contributed by atoms with van der Waals surface area (Å²) in [7, 11) is 4.15. The lowest BCUT2D eigenvalue weighted by Crippen LogP contribution is -2.44. The van der Waals surface area contributed by atoms with E-state index in [4.69, 9.17) is 5.11 Å². The monoisotopic (exact) mass is 324 g/mol. The molecule has 0 bridgehead atoms. The summed E-state index contributed by atoms with van der Waals surface area (Å²) in [6.07, 6.45) is 6.08. The minimum atomic E-state index is -0.906. The number of piperidine rings is 1. The van der Waals surface area contributed by atoms with E-state index < -0.39 is 5.97 Å². The summed E-state index contributed by atoms with van der Waals surface area (Å²) >= 11 is 0. The number of amides is 1. The fourth-order valence-corrected chi connectivity index (χ4v) is 2.87. The third kappa shape index (κ3) is 5.35. The summed E-state index contributed by atoms with van der Waals surface area (Å²) in [5.41, 5.74) is 0. The molecule has 1 saturated heterocycles. The number of carbonyl (C=O) groups excluding carboxylic acids is 1. The van der Waals surface area contributed by atoms with Crippen LogP contribution in [0.15, 0.2) is 12.4 Å². The van der Waals surface area contributed by atoms with Gasteiger partial charge in [-0.15, -0.1) is 0 Å². The molecule has 23 heavy (non-hydrogen) atoms. The van der Waals surface area contributed by atoms with Gasteiger partial charge in [0.1, 0.15) is 12.4 Å². The Balaban J connectivity index is 0.00000264. The SMILES string of the molecule is C.CN(C)C1CCN(C(=O)CCc2nccn2CC(=O)O)CC1. The van der Waals surface area contributed by atoms with Crippen LogP contribution in [0.2, 0.25) is 0 Å². The van der Waals surface area contributed by atoms with E-state index in [2.05, 4.69) is 24.0 Å². The Morgan fingerprint density at radius 2 is 2.00 bits per heavy atom. The Morgan fingerprint density at radius 3 is 2.57 bits per heavy atom. The van der Waals surface area contributed by atoms with Crippen molar-refractivity contribution in [1.29, 1.82) is 0 Å². The number of hydrogen-bond acceptors (Lipinski definition) is 4. The van der Waals surface area contributed by atoms with Gasteiger partial charge < -0.3 is 19.5 Å². The predicted molar refractivity (Wildman–Crippen MR) is 88.2 cm³/mol. The van der Waals surface area contributed by atoms with E-state index in [1.807, 2.05) is 4.90 Å². The number of rotatable bonds is 6. The molecule has 1 amide bonds. The van der Waals surface area contributed by atoms with Crippen LogP contribution in [0.3, 0.4) is 0 Å². The van der Waals surface area contributed by atoms with E-state index in [1.54, 1.807) is 17.0 Å². The van der Waals surface area contributed by atoms with E-state index >= 15 is 0 Å². The first-order valence-electron chi connectivity index (χ1n) is 7.63. The van der Waals surface area contributed by atoms with Gasteiger partial charge in [-0.1, -0.05) is 7.43 Å². The molecule has 1 aliphatic heterocycles. The maximum absolute atomic E-state index is 12.3. The average molecular weight is 324 g/mol. The Bertz CT molecular complexity index is 519. The predicted octanol–water partition coefficient (Wildman–Crippen LogP) is 1.09. The highest BCUT2D eigenvalue weighted by molar-refractivity contribution is 5.76. The number of aryl methyl sites for hydroxylation is 1. The molecule has 0 aromatic carbocycles. The topological polar surface area (TPSA) is 78.7 Å². The van der Waals surface area contributed by atoms with Crippen molar-refractivity contribution in [3.63, 3.8) is 0 Å². The number of carboxylic acids is 1. The number of imidazole rings is 1. The zero-order valence-electron chi connectivity index (χ0n) is 13.2. The van der Waals surface area contributed by atoms with Gasteiger partial charge in [0, 0.05) is 44.4 Å². The second-order valence-electron chi connectivity index (χ2n) is 5.94. The van der Waals surface area contributed by atoms with Gasteiger partial charge in [-0.3, -0.25) is 9.59 Å². The molecule has 2 rings (SSSR count). The van der Waals surface area contributed by atoms with Gasteiger partial charge in [0.15, 0.2) is 0 Å². The summed E-state index contributed by atoms with van der Waals surface area (Å²) in [5.74, 6) is -0.127. The zero-order chi connectivity index (χ0) is 16.1. The number of aliphatic carboxylic acids is 1. The van der Waals surface area contributed by atoms with Crippen molar-refractivity contribution in [2.75, 3.05) is 27.2 Å². The van der Waals surface area contributed by atoms with E-state index in [9.17, 15) is 9.59 Å². The quantitative estimate of drug-likeness (QED) is 0.847. The fraction of sp³-hybridized carbons (Fsp3) is 0.688. The summed E-state index contributed by atoms with van der Waals surface area (Å²) in [5, 5.41) is 8.83. The lowest BCUT2D eigenvalue weighted by atomic mass is 10.0. The van der Waals surface area contributed by atoms with Crippen LogP contribution < -0.4 is 0 Å². The minimum Gasteiger partial charge on any atom is -0.480 e. The van der Waals surface area contributed by atoms with Gasteiger partial charge in [-0.25, -0.2) is 4.98 Å². The first kappa shape index (κ1) is 19.2.